The zero-order valence-corrected chi connectivity index (χ0v) is 14.0. The molecule has 2 rings (SSSR count). The summed E-state index contributed by atoms with van der Waals surface area (Å²) in [6.45, 7) is 1.96. The molecule has 5 nitrogen and oxygen atoms in total. The van der Waals surface area contributed by atoms with Gasteiger partial charge in [0.25, 0.3) is 0 Å². The quantitative estimate of drug-likeness (QED) is 0.701. The highest BCUT2D eigenvalue weighted by atomic mass is 31.2. The van der Waals surface area contributed by atoms with Gasteiger partial charge in [-0.3, -0.25) is 4.57 Å². The van der Waals surface area contributed by atoms with E-state index >= 15 is 0 Å². The summed E-state index contributed by atoms with van der Waals surface area (Å²) < 4.78 is 16.5. The molecule has 6 heteroatoms. The molecule has 1 unspecified atom stereocenters. The normalized spacial score (nSPS) is 14.4. The first kappa shape index (κ1) is 17.5. The maximum absolute atomic E-state index is 11.9. The van der Waals surface area contributed by atoms with E-state index in [0.717, 1.165) is 11.1 Å². The standard InChI is InChI=1S/C17H21O5P/c1-17(11-12-23(20,21)22-2,13-3-7-15(18)8-4-13)14-5-9-16(19)10-6-14/h3-10,18-19H,11-12H2,1-2H3,(H,20,21). The maximum Gasteiger partial charge on any atom is 0.327 e. The summed E-state index contributed by atoms with van der Waals surface area (Å²) in [6, 6.07) is 13.5. The molecule has 2 aromatic carbocycles. The number of hydrogen-bond acceptors (Lipinski definition) is 4. The van der Waals surface area contributed by atoms with Gasteiger partial charge in [0.1, 0.15) is 11.5 Å². The molecule has 23 heavy (non-hydrogen) atoms. The van der Waals surface area contributed by atoms with Crippen molar-refractivity contribution in [3.63, 3.8) is 0 Å². The molecule has 0 aliphatic carbocycles. The van der Waals surface area contributed by atoms with Crippen LogP contribution in [0.25, 0.3) is 0 Å². The Morgan fingerprint density at radius 1 is 0.957 bits per heavy atom. The van der Waals surface area contributed by atoms with Crippen molar-refractivity contribution in [2.24, 2.45) is 0 Å². The van der Waals surface area contributed by atoms with E-state index in [9.17, 15) is 19.7 Å². The third-order valence-electron chi connectivity index (χ3n) is 4.19. The van der Waals surface area contributed by atoms with Gasteiger partial charge >= 0.3 is 7.60 Å². The molecule has 0 radical (unpaired) electrons. The zero-order chi connectivity index (χ0) is 17.1. The van der Waals surface area contributed by atoms with Crippen molar-refractivity contribution in [2.75, 3.05) is 13.3 Å². The molecule has 2 aromatic rings. The van der Waals surface area contributed by atoms with Crippen LogP contribution in [-0.4, -0.2) is 28.4 Å². The molecule has 0 heterocycles. The smallest absolute Gasteiger partial charge is 0.327 e. The van der Waals surface area contributed by atoms with Crippen LogP contribution in [-0.2, 0) is 14.5 Å². The van der Waals surface area contributed by atoms with Gasteiger partial charge in [0.15, 0.2) is 0 Å². The molecule has 0 saturated carbocycles. The van der Waals surface area contributed by atoms with Crippen LogP contribution >= 0.6 is 7.60 Å². The lowest BCUT2D eigenvalue weighted by Gasteiger charge is -2.31. The number of phenols is 2. The largest absolute Gasteiger partial charge is 0.508 e. The van der Waals surface area contributed by atoms with Crippen LogP contribution < -0.4 is 0 Å². The van der Waals surface area contributed by atoms with Crippen molar-refractivity contribution in [1.29, 1.82) is 0 Å². The summed E-state index contributed by atoms with van der Waals surface area (Å²) in [5.74, 6) is 0.318. The fraction of sp³-hybridized carbons (Fsp3) is 0.294. The second kappa shape index (κ2) is 6.75. The lowest BCUT2D eigenvalue weighted by molar-refractivity contribution is 0.311. The van der Waals surface area contributed by atoms with E-state index in [0.29, 0.717) is 6.42 Å². The summed E-state index contributed by atoms with van der Waals surface area (Å²) in [7, 11) is -2.41. The molecule has 3 N–H and O–H groups in total. The second-order valence-electron chi connectivity index (χ2n) is 5.72. The van der Waals surface area contributed by atoms with Gasteiger partial charge in [0, 0.05) is 12.5 Å². The van der Waals surface area contributed by atoms with Crippen LogP contribution in [0.1, 0.15) is 24.5 Å². The lowest BCUT2D eigenvalue weighted by Crippen LogP contribution is -2.25. The van der Waals surface area contributed by atoms with Gasteiger partial charge in [0.2, 0.25) is 0 Å². The highest BCUT2D eigenvalue weighted by Crippen LogP contribution is 2.46. The average molecular weight is 336 g/mol. The molecule has 0 fully saturated rings. The Hall–Kier alpha value is -1.81. The van der Waals surface area contributed by atoms with E-state index < -0.39 is 13.0 Å². The van der Waals surface area contributed by atoms with E-state index in [-0.39, 0.29) is 17.7 Å². The highest BCUT2D eigenvalue weighted by molar-refractivity contribution is 7.52. The Morgan fingerprint density at radius 3 is 1.70 bits per heavy atom. The molecule has 0 spiro atoms. The van der Waals surface area contributed by atoms with Crippen molar-refractivity contribution >= 4 is 7.60 Å². The summed E-state index contributed by atoms with van der Waals surface area (Å²) in [5, 5.41) is 19.0. The number of rotatable bonds is 6. The van der Waals surface area contributed by atoms with Crippen LogP contribution in [0, 0.1) is 0 Å². The Balaban J connectivity index is 2.43. The maximum atomic E-state index is 11.9. The van der Waals surface area contributed by atoms with Gasteiger partial charge in [-0.25, -0.2) is 0 Å². The predicted molar refractivity (Wildman–Crippen MR) is 89.0 cm³/mol. The molecule has 124 valence electrons. The Morgan fingerprint density at radius 2 is 1.35 bits per heavy atom. The minimum absolute atomic E-state index is 0.00174. The van der Waals surface area contributed by atoms with Crippen LogP contribution in [0.4, 0.5) is 0 Å². The van der Waals surface area contributed by atoms with Gasteiger partial charge in [0.05, 0.1) is 6.16 Å². The lowest BCUT2D eigenvalue weighted by atomic mass is 9.74. The van der Waals surface area contributed by atoms with Crippen molar-refractivity contribution in [1.82, 2.24) is 0 Å². The van der Waals surface area contributed by atoms with Crippen LogP contribution in [0.5, 0.6) is 11.5 Å². The minimum Gasteiger partial charge on any atom is -0.508 e. The molecule has 0 saturated heterocycles. The monoisotopic (exact) mass is 336 g/mol. The topological polar surface area (TPSA) is 87.0 Å². The molecule has 0 bridgehead atoms. The number of hydrogen-bond donors (Lipinski definition) is 3. The van der Waals surface area contributed by atoms with Crippen molar-refractivity contribution in [3.8, 4) is 11.5 Å². The van der Waals surface area contributed by atoms with Gasteiger partial charge in [-0.05, 0) is 41.8 Å². The third-order valence-corrected chi connectivity index (χ3v) is 5.55. The first-order chi connectivity index (χ1) is 10.8. The molecular weight excluding hydrogens is 315 g/mol. The SMILES string of the molecule is COP(=O)(O)CCC(C)(c1ccc(O)cc1)c1ccc(O)cc1. The van der Waals surface area contributed by atoms with Gasteiger partial charge in [-0.1, -0.05) is 31.2 Å². The van der Waals surface area contributed by atoms with E-state index in [1.807, 2.05) is 6.92 Å². The number of phenolic OH excluding ortho intramolecular Hbond substituents is 2. The van der Waals surface area contributed by atoms with Gasteiger partial charge in [-0.2, -0.15) is 0 Å². The second-order valence-corrected chi connectivity index (χ2v) is 7.81. The molecule has 0 aromatic heterocycles. The van der Waals surface area contributed by atoms with Crippen molar-refractivity contribution in [2.45, 2.75) is 18.8 Å². The van der Waals surface area contributed by atoms with Crippen LogP contribution in [0.15, 0.2) is 48.5 Å². The van der Waals surface area contributed by atoms with Crippen molar-refractivity contribution in [3.05, 3.63) is 59.7 Å². The molecular formula is C17H21O5P. The van der Waals surface area contributed by atoms with Crippen molar-refractivity contribution < 1.29 is 24.2 Å². The zero-order valence-electron chi connectivity index (χ0n) is 13.1. The van der Waals surface area contributed by atoms with Gasteiger partial charge < -0.3 is 19.6 Å². The summed E-state index contributed by atoms with van der Waals surface area (Å²) >= 11 is 0. The Labute approximate surface area is 135 Å². The minimum atomic E-state index is -3.63. The third kappa shape index (κ3) is 4.14. The summed E-state index contributed by atoms with van der Waals surface area (Å²) in [5.41, 5.74) is 1.24. The van der Waals surface area contributed by atoms with Crippen LogP contribution in [0.2, 0.25) is 0 Å². The summed E-state index contributed by atoms with van der Waals surface area (Å²) in [6.07, 6.45) is 0.381. The summed E-state index contributed by atoms with van der Waals surface area (Å²) in [4.78, 5) is 9.72. The van der Waals surface area contributed by atoms with E-state index in [2.05, 4.69) is 4.52 Å². The van der Waals surface area contributed by atoms with Crippen LogP contribution in [0.3, 0.4) is 0 Å². The first-order valence-electron chi connectivity index (χ1n) is 7.23. The number of aromatic hydroxyl groups is 2. The highest BCUT2D eigenvalue weighted by Gasteiger charge is 2.32. The van der Waals surface area contributed by atoms with E-state index in [1.165, 1.54) is 7.11 Å². The fourth-order valence-corrected chi connectivity index (χ4v) is 3.48. The van der Waals surface area contributed by atoms with E-state index in [1.54, 1.807) is 48.5 Å². The Bertz CT molecular complexity index is 648. The average Bonchev–Trinajstić information content (AvgIpc) is 2.54. The molecule has 0 amide bonds. The fourth-order valence-electron chi connectivity index (χ4n) is 2.57. The molecule has 0 aliphatic heterocycles. The number of benzene rings is 2. The van der Waals surface area contributed by atoms with E-state index in [4.69, 9.17) is 0 Å². The molecule has 0 aliphatic rings. The van der Waals surface area contributed by atoms with Gasteiger partial charge in [-0.15, -0.1) is 0 Å². The Kier molecular flexibility index (Phi) is 5.15. The molecule has 1 atom stereocenters. The first-order valence-corrected chi connectivity index (χ1v) is 9.00. The predicted octanol–water partition coefficient (Wildman–Crippen LogP) is 3.63.